The first-order chi connectivity index (χ1) is 6.95. The number of quaternary nitrogens is 1. The molecule has 84 valence electrons. The second kappa shape index (κ2) is 5.05. The Hall–Kier alpha value is -0.460. The van der Waals surface area contributed by atoms with Gasteiger partial charge in [0.15, 0.2) is 0 Å². The molecule has 0 aromatic carbocycles. The lowest BCUT2D eigenvalue weighted by atomic mass is 10.3. The van der Waals surface area contributed by atoms with Crippen LogP contribution in [0.5, 0.6) is 0 Å². The van der Waals surface area contributed by atoms with Crippen molar-refractivity contribution in [3.63, 3.8) is 0 Å². The van der Waals surface area contributed by atoms with Crippen LogP contribution in [0.1, 0.15) is 5.56 Å². The first-order valence-electron chi connectivity index (χ1n) is 4.10. The Morgan fingerprint density at radius 3 is 2.60 bits per heavy atom. The van der Waals surface area contributed by atoms with E-state index in [1.807, 2.05) is 0 Å². The summed E-state index contributed by atoms with van der Waals surface area (Å²) >= 11 is 6.96. The lowest BCUT2D eigenvalue weighted by Gasteiger charge is -2.08. The highest BCUT2D eigenvalue weighted by molar-refractivity contribution is 7.99. The van der Waals surface area contributed by atoms with Crippen molar-refractivity contribution in [2.24, 2.45) is 0 Å². The molecule has 1 rings (SSSR count). The molecular formula is C8H9ClF3N2S+. The third kappa shape index (κ3) is 3.55. The summed E-state index contributed by atoms with van der Waals surface area (Å²) in [6.45, 7) is 0.670. The highest BCUT2D eigenvalue weighted by Gasteiger charge is 2.31. The van der Waals surface area contributed by atoms with E-state index >= 15 is 0 Å². The summed E-state index contributed by atoms with van der Waals surface area (Å²) in [5.74, 6) is 0.679. The van der Waals surface area contributed by atoms with Crippen LogP contribution in [0.4, 0.5) is 13.2 Å². The van der Waals surface area contributed by atoms with E-state index in [1.165, 1.54) is 11.8 Å². The Bertz CT molecular complexity index is 343. The Morgan fingerprint density at radius 1 is 1.47 bits per heavy atom. The van der Waals surface area contributed by atoms with Crippen molar-refractivity contribution < 1.29 is 18.9 Å². The van der Waals surface area contributed by atoms with Crippen LogP contribution in [0.15, 0.2) is 17.3 Å². The molecule has 0 aliphatic heterocycles. The number of pyridine rings is 1. The molecule has 0 fully saturated rings. The van der Waals surface area contributed by atoms with E-state index in [0.717, 1.165) is 12.3 Å². The predicted molar refractivity (Wildman–Crippen MR) is 52.7 cm³/mol. The molecule has 0 aliphatic carbocycles. The SMILES string of the molecule is [NH3+]CCSc1ncc(C(F)(F)F)cc1Cl. The Labute approximate surface area is 94.0 Å². The molecule has 0 bridgehead atoms. The molecule has 15 heavy (non-hydrogen) atoms. The minimum absolute atomic E-state index is 0.0308. The largest absolute Gasteiger partial charge is 0.417 e. The van der Waals surface area contributed by atoms with Crippen molar-refractivity contribution in [2.45, 2.75) is 11.2 Å². The number of nitrogens with zero attached hydrogens (tertiary/aromatic N) is 1. The number of rotatable bonds is 3. The molecular weight excluding hydrogens is 249 g/mol. The standard InChI is InChI=1S/C8H8ClF3N2S/c9-6-3-5(8(10,11)12)4-14-7(6)15-2-1-13/h3-4H,1-2,13H2/p+1. The zero-order valence-corrected chi connectivity index (χ0v) is 9.22. The molecule has 0 aliphatic rings. The average Bonchev–Trinajstić information content (AvgIpc) is 2.14. The number of hydrogen-bond acceptors (Lipinski definition) is 2. The van der Waals surface area contributed by atoms with Gasteiger partial charge in [0.1, 0.15) is 5.03 Å². The maximum atomic E-state index is 12.2. The Morgan fingerprint density at radius 2 is 2.13 bits per heavy atom. The molecule has 1 aromatic rings. The van der Waals surface area contributed by atoms with E-state index in [0.29, 0.717) is 17.3 Å². The second-order valence-corrected chi connectivity index (χ2v) is 4.20. The fraction of sp³-hybridized carbons (Fsp3) is 0.375. The van der Waals surface area contributed by atoms with E-state index in [9.17, 15) is 13.2 Å². The summed E-state index contributed by atoms with van der Waals surface area (Å²) in [5.41, 5.74) is 2.79. The van der Waals surface area contributed by atoms with Gasteiger partial charge in [-0.1, -0.05) is 23.4 Å². The first-order valence-corrected chi connectivity index (χ1v) is 5.46. The van der Waals surface area contributed by atoms with Gasteiger partial charge in [0.2, 0.25) is 0 Å². The normalized spacial score (nSPS) is 11.8. The minimum atomic E-state index is -4.40. The van der Waals surface area contributed by atoms with Crippen LogP contribution in [0, 0.1) is 0 Å². The van der Waals surface area contributed by atoms with Crippen LogP contribution < -0.4 is 5.73 Å². The number of hydrogen-bond donors (Lipinski definition) is 1. The van der Waals surface area contributed by atoms with Crippen molar-refractivity contribution >= 4 is 23.4 Å². The number of thioether (sulfide) groups is 1. The summed E-state index contributed by atoms with van der Waals surface area (Å²) in [5, 5.41) is 0.441. The van der Waals surface area contributed by atoms with Crippen molar-refractivity contribution in [1.29, 1.82) is 0 Å². The Balaban J connectivity index is 2.88. The molecule has 0 atom stereocenters. The van der Waals surface area contributed by atoms with E-state index in [4.69, 9.17) is 11.6 Å². The molecule has 0 spiro atoms. The van der Waals surface area contributed by atoms with Gasteiger partial charge in [-0.05, 0) is 6.07 Å². The van der Waals surface area contributed by atoms with Crippen molar-refractivity contribution in [3.8, 4) is 0 Å². The van der Waals surface area contributed by atoms with Gasteiger partial charge in [-0.2, -0.15) is 13.2 Å². The van der Waals surface area contributed by atoms with Gasteiger partial charge in [-0.15, -0.1) is 0 Å². The lowest BCUT2D eigenvalue weighted by Crippen LogP contribution is -2.51. The number of aromatic nitrogens is 1. The number of alkyl halides is 3. The van der Waals surface area contributed by atoms with Crippen molar-refractivity contribution in [1.82, 2.24) is 4.98 Å². The van der Waals surface area contributed by atoms with Gasteiger partial charge in [-0.25, -0.2) is 4.98 Å². The summed E-state index contributed by atoms with van der Waals surface area (Å²) in [7, 11) is 0. The maximum absolute atomic E-state index is 12.2. The van der Waals surface area contributed by atoms with E-state index in [-0.39, 0.29) is 5.02 Å². The highest BCUT2D eigenvalue weighted by Crippen LogP contribution is 2.33. The fourth-order valence-corrected chi connectivity index (χ4v) is 1.85. The van der Waals surface area contributed by atoms with Crippen LogP contribution in [0.25, 0.3) is 0 Å². The molecule has 0 saturated carbocycles. The maximum Gasteiger partial charge on any atom is 0.417 e. The van der Waals surface area contributed by atoms with Gasteiger partial charge < -0.3 is 5.73 Å². The molecule has 0 amide bonds. The fourth-order valence-electron chi connectivity index (χ4n) is 0.855. The topological polar surface area (TPSA) is 40.5 Å². The van der Waals surface area contributed by atoms with Gasteiger partial charge in [-0.3, -0.25) is 0 Å². The monoisotopic (exact) mass is 257 g/mol. The van der Waals surface area contributed by atoms with Gasteiger partial charge >= 0.3 is 6.18 Å². The van der Waals surface area contributed by atoms with E-state index in [1.54, 1.807) is 0 Å². The third-order valence-electron chi connectivity index (χ3n) is 1.52. The molecule has 1 heterocycles. The number of halogens is 4. The van der Waals surface area contributed by atoms with Gasteiger partial charge in [0, 0.05) is 11.9 Å². The summed E-state index contributed by atoms with van der Waals surface area (Å²) < 4.78 is 36.7. The summed E-state index contributed by atoms with van der Waals surface area (Å²) in [6.07, 6.45) is -3.61. The van der Waals surface area contributed by atoms with Crippen molar-refractivity contribution in [3.05, 3.63) is 22.8 Å². The van der Waals surface area contributed by atoms with Crippen molar-refractivity contribution in [2.75, 3.05) is 12.3 Å². The minimum Gasteiger partial charge on any atom is -0.357 e. The zero-order valence-electron chi connectivity index (χ0n) is 7.64. The molecule has 1 aromatic heterocycles. The van der Waals surface area contributed by atoms with Crippen LogP contribution in [-0.2, 0) is 6.18 Å². The van der Waals surface area contributed by atoms with Crippen LogP contribution in [0.2, 0.25) is 5.02 Å². The van der Waals surface area contributed by atoms with E-state index < -0.39 is 11.7 Å². The molecule has 3 N–H and O–H groups in total. The van der Waals surface area contributed by atoms with Crippen LogP contribution in [-0.4, -0.2) is 17.3 Å². The summed E-state index contributed by atoms with van der Waals surface area (Å²) in [6, 6.07) is 0.889. The van der Waals surface area contributed by atoms with Gasteiger partial charge in [0.05, 0.1) is 17.1 Å². The second-order valence-electron chi connectivity index (χ2n) is 2.71. The molecule has 2 nitrogen and oxygen atoms in total. The average molecular weight is 258 g/mol. The van der Waals surface area contributed by atoms with Crippen LogP contribution in [0.3, 0.4) is 0 Å². The quantitative estimate of drug-likeness (QED) is 0.843. The molecule has 0 saturated heterocycles. The molecule has 7 heteroatoms. The van der Waals surface area contributed by atoms with Gasteiger partial charge in [0.25, 0.3) is 0 Å². The lowest BCUT2D eigenvalue weighted by molar-refractivity contribution is -0.360. The molecule has 0 radical (unpaired) electrons. The third-order valence-corrected chi connectivity index (χ3v) is 3.01. The molecule has 0 unspecified atom stereocenters. The Kier molecular flexibility index (Phi) is 4.24. The zero-order chi connectivity index (χ0) is 11.5. The highest BCUT2D eigenvalue weighted by atomic mass is 35.5. The summed E-state index contributed by atoms with van der Waals surface area (Å²) in [4.78, 5) is 3.67. The van der Waals surface area contributed by atoms with Crippen LogP contribution >= 0.6 is 23.4 Å². The van der Waals surface area contributed by atoms with E-state index in [2.05, 4.69) is 10.7 Å². The smallest absolute Gasteiger partial charge is 0.357 e. The predicted octanol–water partition coefficient (Wildman–Crippen LogP) is 2.09. The first kappa shape index (κ1) is 12.6.